The predicted molar refractivity (Wildman–Crippen MR) is 65.5 cm³/mol. The molecule has 0 rings (SSSR count). The van der Waals surface area contributed by atoms with Crippen LogP contribution in [0.4, 0.5) is 0 Å². The summed E-state index contributed by atoms with van der Waals surface area (Å²) in [7, 11) is 0. The first kappa shape index (κ1) is 14.0. The topological polar surface area (TPSA) is 12.0 Å². The van der Waals surface area contributed by atoms with E-state index in [-0.39, 0.29) is 0 Å². The summed E-state index contributed by atoms with van der Waals surface area (Å²) in [6.07, 6.45) is 12.0. The van der Waals surface area contributed by atoms with Crippen molar-refractivity contribution >= 4 is 0 Å². The van der Waals surface area contributed by atoms with Crippen LogP contribution >= 0.6 is 0 Å². The molecule has 0 aliphatic heterocycles. The van der Waals surface area contributed by atoms with Gasteiger partial charge < -0.3 is 5.32 Å². The maximum absolute atomic E-state index is 3.85. The average molecular weight is 198 g/mol. The molecule has 0 spiro atoms. The van der Waals surface area contributed by atoms with Gasteiger partial charge in [-0.3, -0.25) is 0 Å². The zero-order valence-corrected chi connectivity index (χ0v) is 9.99. The Kier molecular flexibility index (Phi) is 12.9. The molecule has 0 aliphatic carbocycles. The second kappa shape index (κ2) is 13.0. The second-order valence-corrected chi connectivity index (χ2v) is 4.08. The van der Waals surface area contributed by atoms with Crippen molar-refractivity contribution in [3.8, 4) is 0 Å². The summed E-state index contributed by atoms with van der Waals surface area (Å²) in [5.74, 6) is 0. The lowest BCUT2D eigenvalue weighted by molar-refractivity contribution is 0.559. The van der Waals surface area contributed by atoms with Crippen LogP contribution in [-0.4, -0.2) is 13.1 Å². The Hall–Kier alpha value is -0.0400. The van der Waals surface area contributed by atoms with E-state index in [1.54, 1.807) is 0 Å². The van der Waals surface area contributed by atoms with Gasteiger partial charge >= 0.3 is 0 Å². The maximum Gasteiger partial charge on any atom is -0.00489 e. The molecule has 0 aliphatic rings. The lowest BCUT2D eigenvalue weighted by Crippen LogP contribution is -2.16. The van der Waals surface area contributed by atoms with Crippen molar-refractivity contribution in [3.63, 3.8) is 0 Å². The number of rotatable bonds is 11. The van der Waals surface area contributed by atoms with E-state index in [0.717, 1.165) is 6.42 Å². The van der Waals surface area contributed by atoms with E-state index in [0.29, 0.717) is 0 Å². The molecule has 1 radical (unpaired) electrons. The van der Waals surface area contributed by atoms with E-state index >= 15 is 0 Å². The van der Waals surface area contributed by atoms with Crippen LogP contribution in [0, 0.1) is 6.92 Å². The van der Waals surface area contributed by atoms with Gasteiger partial charge in [0, 0.05) is 0 Å². The molecule has 14 heavy (non-hydrogen) atoms. The molecule has 0 atom stereocenters. The maximum atomic E-state index is 3.85. The van der Waals surface area contributed by atoms with Gasteiger partial charge in [0.05, 0.1) is 0 Å². The summed E-state index contributed by atoms with van der Waals surface area (Å²) in [4.78, 5) is 0. The Morgan fingerprint density at radius 1 is 0.786 bits per heavy atom. The highest BCUT2D eigenvalue weighted by molar-refractivity contribution is 4.50. The molecule has 0 unspecified atom stereocenters. The molecule has 85 valence electrons. The van der Waals surface area contributed by atoms with Gasteiger partial charge in [0.15, 0.2) is 0 Å². The third kappa shape index (κ3) is 12.0. The van der Waals surface area contributed by atoms with Crippen molar-refractivity contribution in [3.05, 3.63) is 6.92 Å². The van der Waals surface area contributed by atoms with E-state index in [1.165, 1.54) is 64.5 Å². The van der Waals surface area contributed by atoms with Crippen molar-refractivity contribution in [1.29, 1.82) is 0 Å². The zero-order chi connectivity index (χ0) is 10.5. The predicted octanol–water partition coefficient (Wildman–Crippen LogP) is 3.94. The largest absolute Gasteiger partial charge is 0.317 e. The Labute approximate surface area is 90.7 Å². The molecule has 0 heterocycles. The fourth-order valence-corrected chi connectivity index (χ4v) is 1.56. The Bertz CT molecular complexity index is 79.2. The lowest BCUT2D eigenvalue weighted by atomic mass is 10.1. The second-order valence-electron chi connectivity index (χ2n) is 4.08. The highest BCUT2D eigenvalue weighted by Crippen LogP contribution is 2.05. The minimum atomic E-state index is 1.11. The molecular weight excluding hydrogens is 170 g/mol. The molecule has 0 saturated carbocycles. The van der Waals surface area contributed by atoms with E-state index in [1.807, 2.05) is 0 Å². The van der Waals surface area contributed by atoms with Gasteiger partial charge in [0.2, 0.25) is 0 Å². The SMILES string of the molecule is [CH2]CCCCCCCCNCCCC. The summed E-state index contributed by atoms with van der Waals surface area (Å²) in [6, 6.07) is 0. The van der Waals surface area contributed by atoms with Crippen LogP contribution in [0.3, 0.4) is 0 Å². The quantitative estimate of drug-likeness (QED) is 0.496. The van der Waals surface area contributed by atoms with Crippen LogP contribution in [0.15, 0.2) is 0 Å². The Morgan fingerprint density at radius 3 is 2.00 bits per heavy atom. The van der Waals surface area contributed by atoms with Gasteiger partial charge in [-0.05, 0) is 25.9 Å². The van der Waals surface area contributed by atoms with Crippen LogP contribution in [0.25, 0.3) is 0 Å². The molecule has 1 heteroatoms. The van der Waals surface area contributed by atoms with Gasteiger partial charge in [-0.2, -0.15) is 0 Å². The molecule has 0 fully saturated rings. The molecule has 0 aromatic carbocycles. The monoisotopic (exact) mass is 198 g/mol. The van der Waals surface area contributed by atoms with Crippen LogP contribution in [-0.2, 0) is 0 Å². The van der Waals surface area contributed by atoms with Gasteiger partial charge in [0.1, 0.15) is 0 Å². The molecule has 0 bridgehead atoms. The highest BCUT2D eigenvalue weighted by atomic mass is 14.8. The molecule has 1 nitrogen and oxygen atoms in total. The number of unbranched alkanes of at least 4 members (excludes halogenated alkanes) is 7. The van der Waals surface area contributed by atoms with Crippen LogP contribution in [0.1, 0.15) is 64.7 Å². The van der Waals surface area contributed by atoms with Crippen LogP contribution < -0.4 is 5.32 Å². The molecule has 0 aromatic rings. The lowest BCUT2D eigenvalue weighted by Gasteiger charge is -2.03. The van der Waals surface area contributed by atoms with Gasteiger partial charge in [-0.15, -0.1) is 0 Å². The molecular formula is C13H28N. The smallest absolute Gasteiger partial charge is 0.00489 e. The summed E-state index contributed by atoms with van der Waals surface area (Å²) >= 11 is 0. The van der Waals surface area contributed by atoms with Crippen molar-refractivity contribution in [2.24, 2.45) is 0 Å². The average Bonchev–Trinajstić information content (AvgIpc) is 2.21. The minimum absolute atomic E-state index is 1.11. The number of hydrogen-bond donors (Lipinski definition) is 1. The normalized spacial score (nSPS) is 10.7. The van der Waals surface area contributed by atoms with E-state index in [2.05, 4.69) is 19.2 Å². The van der Waals surface area contributed by atoms with E-state index < -0.39 is 0 Å². The Morgan fingerprint density at radius 2 is 1.36 bits per heavy atom. The summed E-state index contributed by atoms with van der Waals surface area (Å²) < 4.78 is 0. The first-order valence-corrected chi connectivity index (χ1v) is 6.41. The van der Waals surface area contributed by atoms with Gasteiger partial charge in [-0.1, -0.05) is 58.8 Å². The summed E-state index contributed by atoms with van der Waals surface area (Å²) in [6.45, 7) is 8.52. The van der Waals surface area contributed by atoms with E-state index in [4.69, 9.17) is 0 Å². The summed E-state index contributed by atoms with van der Waals surface area (Å²) in [5.41, 5.74) is 0. The van der Waals surface area contributed by atoms with Crippen molar-refractivity contribution in [1.82, 2.24) is 5.32 Å². The van der Waals surface area contributed by atoms with E-state index in [9.17, 15) is 0 Å². The number of nitrogens with one attached hydrogen (secondary N) is 1. The first-order chi connectivity index (χ1) is 6.91. The van der Waals surface area contributed by atoms with Crippen molar-refractivity contribution < 1.29 is 0 Å². The zero-order valence-electron chi connectivity index (χ0n) is 9.99. The van der Waals surface area contributed by atoms with Crippen molar-refractivity contribution in [2.45, 2.75) is 64.7 Å². The van der Waals surface area contributed by atoms with Gasteiger partial charge in [-0.25, -0.2) is 0 Å². The number of hydrogen-bond acceptors (Lipinski definition) is 1. The standard InChI is InChI=1S/C13H28N/c1-3-5-7-8-9-10-11-13-14-12-6-4-2/h14H,1,3-13H2,2H3. The van der Waals surface area contributed by atoms with Crippen LogP contribution in [0.5, 0.6) is 0 Å². The fourth-order valence-electron chi connectivity index (χ4n) is 1.56. The third-order valence-electron chi connectivity index (χ3n) is 2.56. The Balaban J connectivity index is 2.78. The van der Waals surface area contributed by atoms with Crippen LogP contribution in [0.2, 0.25) is 0 Å². The summed E-state index contributed by atoms with van der Waals surface area (Å²) in [5, 5.41) is 3.48. The molecule has 0 aromatic heterocycles. The molecule has 0 amide bonds. The molecule has 0 saturated heterocycles. The third-order valence-corrected chi connectivity index (χ3v) is 2.56. The molecule has 1 N–H and O–H groups in total. The fraction of sp³-hybridized carbons (Fsp3) is 0.923. The highest BCUT2D eigenvalue weighted by Gasteiger charge is 1.90. The van der Waals surface area contributed by atoms with Crippen molar-refractivity contribution in [2.75, 3.05) is 13.1 Å². The first-order valence-electron chi connectivity index (χ1n) is 6.41. The van der Waals surface area contributed by atoms with Gasteiger partial charge in [0.25, 0.3) is 0 Å². The minimum Gasteiger partial charge on any atom is -0.317 e.